The Kier molecular flexibility index (Phi) is 6.40. The molecule has 4 rings (SSSR count). The third-order valence-corrected chi connectivity index (χ3v) is 7.29. The summed E-state index contributed by atoms with van der Waals surface area (Å²) in [6, 6.07) is 9.90. The first-order valence-electron chi connectivity index (χ1n) is 10.3. The van der Waals surface area contributed by atoms with E-state index >= 15 is 0 Å². The van der Waals surface area contributed by atoms with Crippen LogP contribution in [0.3, 0.4) is 0 Å². The van der Waals surface area contributed by atoms with Gasteiger partial charge in [-0.25, -0.2) is 13.4 Å². The second kappa shape index (κ2) is 9.03. The van der Waals surface area contributed by atoms with Crippen molar-refractivity contribution >= 4 is 27.2 Å². The molecule has 0 unspecified atom stereocenters. The van der Waals surface area contributed by atoms with Crippen LogP contribution in [0.1, 0.15) is 43.0 Å². The summed E-state index contributed by atoms with van der Waals surface area (Å²) in [5.74, 6) is -0.0496. The molecule has 9 heteroatoms. The Bertz CT molecular complexity index is 983. The van der Waals surface area contributed by atoms with Gasteiger partial charge in [0.15, 0.2) is 5.11 Å². The summed E-state index contributed by atoms with van der Waals surface area (Å²) in [5.41, 5.74) is 1.64. The fraction of sp³-hybridized carbons (Fsp3) is 0.524. The molecule has 2 saturated carbocycles. The van der Waals surface area contributed by atoms with Crippen LogP contribution in [0.25, 0.3) is 0 Å². The van der Waals surface area contributed by atoms with Gasteiger partial charge in [0.2, 0.25) is 15.0 Å². The van der Waals surface area contributed by atoms with Gasteiger partial charge in [-0.2, -0.15) is 0 Å². The van der Waals surface area contributed by atoms with Gasteiger partial charge in [-0.05, 0) is 43.5 Å². The van der Waals surface area contributed by atoms with E-state index in [2.05, 4.69) is 10.3 Å². The van der Waals surface area contributed by atoms with Crippen molar-refractivity contribution in [2.45, 2.75) is 55.2 Å². The van der Waals surface area contributed by atoms with Crippen LogP contribution in [0.4, 0.5) is 0 Å². The summed E-state index contributed by atoms with van der Waals surface area (Å²) in [6.45, 7) is 1.69. The number of hydrogen-bond acceptors (Lipinski definition) is 5. The van der Waals surface area contributed by atoms with Gasteiger partial charge in [-0.1, -0.05) is 30.3 Å². The molecule has 1 N–H and O–H groups in total. The van der Waals surface area contributed by atoms with E-state index in [0.29, 0.717) is 30.9 Å². The Hall–Kier alpha value is -1.97. The molecule has 2 aliphatic carbocycles. The zero-order chi connectivity index (χ0) is 21.1. The summed E-state index contributed by atoms with van der Waals surface area (Å²) >= 11 is 5.61. The second-order valence-electron chi connectivity index (χ2n) is 8.02. The van der Waals surface area contributed by atoms with Crippen molar-refractivity contribution in [3.63, 3.8) is 0 Å². The number of rotatable bonds is 10. The number of hydrogen-bond donors (Lipinski definition) is 1. The van der Waals surface area contributed by atoms with Crippen molar-refractivity contribution in [1.82, 2.24) is 19.8 Å². The van der Waals surface area contributed by atoms with E-state index in [9.17, 15) is 8.42 Å². The lowest BCUT2D eigenvalue weighted by molar-refractivity contribution is 0.173. The van der Waals surface area contributed by atoms with Crippen LogP contribution in [-0.4, -0.2) is 54.3 Å². The fourth-order valence-electron chi connectivity index (χ4n) is 3.45. The molecule has 7 nitrogen and oxygen atoms in total. The number of benzene rings is 1. The maximum absolute atomic E-state index is 13.2. The van der Waals surface area contributed by atoms with E-state index in [4.69, 9.17) is 17.0 Å². The Morgan fingerprint density at radius 1 is 1.27 bits per heavy atom. The van der Waals surface area contributed by atoms with Gasteiger partial charge in [0, 0.05) is 25.7 Å². The molecule has 2 fully saturated rings. The number of sulfone groups is 1. The van der Waals surface area contributed by atoms with Crippen molar-refractivity contribution in [2.75, 3.05) is 20.3 Å². The standard InChI is InChI=1S/C21H28N4O3S2/c1-28-12-11-24(20(29)23-17-7-8-17)14-19-13-22-21(25(19)18-9-10-18)30(26,27)15-16-5-3-2-4-6-16/h2-6,13,17-18H,7-12,14-15H2,1H3,(H,23,29). The van der Waals surface area contributed by atoms with Crippen molar-refractivity contribution in [2.24, 2.45) is 0 Å². The molecular formula is C21H28N4O3S2. The van der Waals surface area contributed by atoms with E-state index in [-0.39, 0.29) is 17.0 Å². The van der Waals surface area contributed by atoms with Gasteiger partial charge in [-0.15, -0.1) is 0 Å². The molecule has 2 aliphatic rings. The third-order valence-electron chi connectivity index (χ3n) is 5.34. The number of ether oxygens (including phenoxy) is 1. The number of nitrogens with one attached hydrogen (secondary N) is 1. The van der Waals surface area contributed by atoms with Gasteiger partial charge in [0.05, 0.1) is 30.8 Å². The summed E-state index contributed by atoms with van der Waals surface area (Å²) in [5, 5.41) is 4.22. The Labute approximate surface area is 183 Å². The monoisotopic (exact) mass is 448 g/mol. The number of thiocarbonyl (C=S) groups is 1. The first-order valence-corrected chi connectivity index (χ1v) is 12.4. The molecule has 0 radical (unpaired) electrons. The highest BCUT2D eigenvalue weighted by molar-refractivity contribution is 7.90. The number of aromatic nitrogens is 2. The zero-order valence-electron chi connectivity index (χ0n) is 17.2. The van der Waals surface area contributed by atoms with Gasteiger partial charge >= 0.3 is 0 Å². The molecule has 0 atom stereocenters. The lowest BCUT2D eigenvalue weighted by Crippen LogP contribution is -2.42. The maximum Gasteiger partial charge on any atom is 0.228 e. The molecule has 0 saturated heterocycles. The van der Waals surface area contributed by atoms with E-state index in [1.807, 2.05) is 39.8 Å². The van der Waals surface area contributed by atoms with Crippen molar-refractivity contribution in [1.29, 1.82) is 0 Å². The molecule has 1 aromatic carbocycles. The quantitative estimate of drug-likeness (QED) is 0.560. The van der Waals surface area contributed by atoms with Crippen LogP contribution in [0, 0.1) is 0 Å². The maximum atomic E-state index is 13.2. The average Bonchev–Trinajstić information content (AvgIpc) is 3.65. The normalized spacial score (nSPS) is 16.4. The molecule has 162 valence electrons. The van der Waals surface area contributed by atoms with E-state index in [1.165, 1.54) is 0 Å². The minimum atomic E-state index is -3.55. The summed E-state index contributed by atoms with van der Waals surface area (Å²) in [4.78, 5) is 6.41. The molecular weight excluding hydrogens is 420 g/mol. The highest BCUT2D eigenvalue weighted by Crippen LogP contribution is 2.39. The predicted molar refractivity (Wildman–Crippen MR) is 119 cm³/mol. The SMILES string of the molecule is COCCN(Cc1cnc(S(=O)(=O)Cc2ccccc2)n1C1CC1)C(=S)NC1CC1. The Morgan fingerprint density at radius 3 is 2.63 bits per heavy atom. The number of nitrogens with zero attached hydrogens (tertiary/aromatic N) is 3. The van der Waals surface area contributed by atoms with Gasteiger partial charge < -0.3 is 19.5 Å². The van der Waals surface area contributed by atoms with Crippen molar-refractivity contribution in [3.8, 4) is 0 Å². The minimum absolute atomic E-state index is 0.0496. The largest absolute Gasteiger partial charge is 0.383 e. The average molecular weight is 449 g/mol. The van der Waals surface area contributed by atoms with Crippen LogP contribution >= 0.6 is 12.2 Å². The van der Waals surface area contributed by atoms with E-state index in [1.54, 1.807) is 13.3 Å². The first-order chi connectivity index (χ1) is 14.5. The summed E-state index contributed by atoms with van der Waals surface area (Å²) in [7, 11) is -1.89. The Morgan fingerprint density at radius 2 is 2.00 bits per heavy atom. The van der Waals surface area contributed by atoms with Crippen LogP contribution < -0.4 is 5.32 Å². The van der Waals surface area contributed by atoms with Crippen molar-refractivity contribution in [3.05, 3.63) is 47.8 Å². The molecule has 0 amide bonds. The molecule has 0 spiro atoms. The molecule has 1 heterocycles. The topological polar surface area (TPSA) is 76.5 Å². The van der Waals surface area contributed by atoms with Gasteiger partial charge in [-0.3, -0.25) is 0 Å². The van der Waals surface area contributed by atoms with Crippen LogP contribution in [0.2, 0.25) is 0 Å². The van der Waals surface area contributed by atoms with Crippen LogP contribution in [0.5, 0.6) is 0 Å². The fourth-order valence-corrected chi connectivity index (χ4v) is 5.31. The van der Waals surface area contributed by atoms with E-state index < -0.39 is 9.84 Å². The molecule has 2 aromatic rings. The highest BCUT2D eigenvalue weighted by atomic mass is 32.2. The lowest BCUT2D eigenvalue weighted by Gasteiger charge is -2.26. The Balaban J connectivity index is 1.57. The zero-order valence-corrected chi connectivity index (χ0v) is 18.8. The van der Waals surface area contributed by atoms with Crippen molar-refractivity contribution < 1.29 is 13.2 Å². The third kappa shape index (κ3) is 5.19. The molecule has 30 heavy (non-hydrogen) atoms. The van der Waals surface area contributed by atoms with Crippen LogP contribution in [-0.2, 0) is 26.9 Å². The van der Waals surface area contributed by atoms with Crippen LogP contribution in [0.15, 0.2) is 41.7 Å². The number of imidazole rings is 1. The minimum Gasteiger partial charge on any atom is -0.383 e. The molecule has 1 aromatic heterocycles. The number of methoxy groups -OCH3 is 1. The molecule has 0 aliphatic heterocycles. The van der Waals surface area contributed by atoms with Gasteiger partial charge in [0.25, 0.3) is 0 Å². The second-order valence-corrected chi connectivity index (χ2v) is 10.3. The van der Waals surface area contributed by atoms with E-state index in [0.717, 1.165) is 36.9 Å². The predicted octanol–water partition coefficient (Wildman–Crippen LogP) is 2.68. The molecule has 0 bridgehead atoms. The highest BCUT2D eigenvalue weighted by Gasteiger charge is 2.34. The summed E-state index contributed by atoms with van der Waals surface area (Å²) < 4.78 is 33.5. The smallest absolute Gasteiger partial charge is 0.228 e. The van der Waals surface area contributed by atoms with Gasteiger partial charge in [0.1, 0.15) is 0 Å². The first kappa shape index (κ1) is 21.3. The lowest BCUT2D eigenvalue weighted by atomic mass is 10.2. The summed E-state index contributed by atoms with van der Waals surface area (Å²) in [6.07, 6.45) is 5.91.